The summed E-state index contributed by atoms with van der Waals surface area (Å²) in [5.74, 6) is 3.78. The van der Waals surface area contributed by atoms with E-state index in [4.69, 9.17) is 28.4 Å². The normalized spacial score (nSPS) is 10.5. The van der Waals surface area contributed by atoms with E-state index < -0.39 is 0 Å². The highest BCUT2D eigenvalue weighted by Crippen LogP contribution is 2.45. The molecule has 192 valence electrons. The molecule has 6 nitrogen and oxygen atoms in total. The number of rotatable bonds is 16. The maximum Gasteiger partial charge on any atom is 0.203 e. The molecule has 6 heteroatoms. The first-order chi connectivity index (χ1) is 16.9. The van der Waals surface area contributed by atoms with Gasteiger partial charge in [0.2, 0.25) is 11.5 Å². The lowest BCUT2D eigenvalue weighted by Gasteiger charge is -2.21. The number of hydrogen-bond donors (Lipinski definition) is 0. The summed E-state index contributed by atoms with van der Waals surface area (Å²) in [6.45, 7) is 22.2. The lowest BCUT2D eigenvalue weighted by molar-refractivity contribution is 0.260. The Kier molecular flexibility index (Phi) is 11.3. The van der Waals surface area contributed by atoms with E-state index in [1.54, 1.807) is 0 Å². The van der Waals surface area contributed by atoms with Crippen LogP contribution < -0.4 is 28.4 Å². The van der Waals surface area contributed by atoms with Crippen molar-refractivity contribution in [3.05, 3.63) is 59.7 Å². The lowest BCUT2D eigenvalue weighted by Crippen LogP contribution is -2.08. The van der Waals surface area contributed by atoms with E-state index in [1.807, 2.05) is 65.8 Å². The Balaban J connectivity index is 2.56. The average Bonchev–Trinajstić information content (AvgIpc) is 2.81. The smallest absolute Gasteiger partial charge is 0.203 e. The highest BCUT2D eigenvalue weighted by Gasteiger charge is 2.22. The summed E-state index contributed by atoms with van der Waals surface area (Å²) in [5.41, 5.74) is 3.76. The molecule has 0 aliphatic rings. The molecule has 35 heavy (non-hydrogen) atoms. The van der Waals surface area contributed by atoms with Crippen LogP contribution in [0.5, 0.6) is 34.5 Å². The van der Waals surface area contributed by atoms with Crippen molar-refractivity contribution in [2.75, 3.05) is 39.6 Å². The zero-order valence-corrected chi connectivity index (χ0v) is 22.1. The van der Waals surface area contributed by atoms with Gasteiger partial charge in [-0.15, -0.1) is 0 Å². The number of hydrogen-bond acceptors (Lipinski definition) is 6. The van der Waals surface area contributed by atoms with Crippen LogP contribution in [0.25, 0.3) is 0 Å². The van der Waals surface area contributed by atoms with Crippen molar-refractivity contribution in [3.63, 3.8) is 0 Å². The van der Waals surface area contributed by atoms with Crippen LogP contribution in [0.2, 0.25) is 0 Å². The van der Waals surface area contributed by atoms with Gasteiger partial charge in [-0.3, -0.25) is 0 Å². The van der Waals surface area contributed by atoms with Crippen LogP contribution in [0, 0.1) is 0 Å². The molecule has 0 aliphatic heterocycles. The zero-order chi connectivity index (χ0) is 25.8. The highest BCUT2D eigenvalue weighted by atomic mass is 16.5. The van der Waals surface area contributed by atoms with Gasteiger partial charge in [0, 0.05) is 17.5 Å². The second kappa shape index (κ2) is 14.2. The fourth-order valence-electron chi connectivity index (χ4n) is 3.45. The number of benzene rings is 2. The predicted octanol–water partition coefficient (Wildman–Crippen LogP) is 6.78. The molecular formula is C29H40O6. The number of ether oxygens (including phenoxy) is 6. The van der Waals surface area contributed by atoms with E-state index in [-0.39, 0.29) is 0 Å². The fraction of sp³-hybridized carbons (Fsp3) is 0.448. The lowest BCUT2D eigenvalue weighted by atomic mass is 10.0. The van der Waals surface area contributed by atoms with E-state index in [0.29, 0.717) is 80.6 Å². The maximum absolute atomic E-state index is 6.07. The van der Waals surface area contributed by atoms with E-state index in [2.05, 4.69) is 13.2 Å². The molecule has 0 aromatic heterocycles. The zero-order valence-electron chi connectivity index (χ0n) is 22.1. The van der Waals surface area contributed by atoms with Crippen LogP contribution in [0.15, 0.2) is 48.6 Å². The Morgan fingerprint density at radius 2 is 0.886 bits per heavy atom. The van der Waals surface area contributed by atoms with Crippen molar-refractivity contribution in [3.8, 4) is 34.5 Å². The highest BCUT2D eigenvalue weighted by molar-refractivity contribution is 5.61. The monoisotopic (exact) mass is 484 g/mol. The minimum absolute atomic E-state index is 0.406. The summed E-state index contributed by atoms with van der Waals surface area (Å²) in [7, 11) is 0. The Morgan fingerprint density at radius 1 is 0.543 bits per heavy atom. The fourth-order valence-corrected chi connectivity index (χ4v) is 3.45. The third-order valence-corrected chi connectivity index (χ3v) is 4.80. The van der Waals surface area contributed by atoms with Gasteiger partial charge in [0.1, 0.15) is 13.2 Å². The van der Waals surface area contributed by atoms with Crippen LogP contribution in [-0.2, 0) is 6.42 Å². The molecule has 0 atom stereocenters. The van der Waals surface area contributed by atoms with E-state index in [0.717, 1.165) is 22.3 Å². The Morgan fingerprint density at radius 3 is 1.20 bits per heavy atom. The van der Waals surface area contributed by atoms with Gasteiger partial charge >= 0.3 is 0 Å². The van der Waals surface area contributed by atoms with Gasteiger partial charge in [0.25, 0.3) is 0 Å². The minimum Gasteiger partial charge on any atom is -0.490 e. The molecular weight excluding hydrogens is 444 g/mol. The van der Waals surface area contributed by atoms with Crippen molar-refractivity contribution in [1.29, 1.82) is 0 Å². The molecule has 0 fully saturated rings. The topological polar surface area (TPSA) is 55.4 Å². The molecule has 2 aromatic carbocycles. The molecule has 2 aromatic rings. The third-order valence-electron chi connectivity index (χ3n) is 4.80. The summed E-state index contributed by atoms with van der Waals surface area (Å²) in [6.07, 6.45) is 0.548. The second-order valence-electron chi connectivity index (χ2n) is 8.16. The molecule has 0 unspecified atom stereocenters. The predicted molar refractivity (Wildman–Crippen MR) is 141 cm³/mol. The maximum atomic E-state index is 6.07. The Labute approximate surface area is 210 Å². The van der Waals surface area contributed by atoms with Crippen molar-refractivity contribution in [2.24, 2.45) is 0 Å². The van der Waals surface area contributed by atoms with Crippen molar-refractivity contribution < 1.29 is 28.4 Å². The van der Waals surface area contributed by atoms with Crippen LogP contribution in [-0.4, -0.2) is 39.6 Å². The molecule has 0 aliphatic carbocycles. The summed E-state index contributed by atoms with van der Waals surface area (Å²) in [6, 6.07) is 7.84. The molecule has 0 spiro atoms. The van der Waals surface area contributed by atoms with Gasteiger partial charge in [-0.2, -0.15) is 0 Å². The van der Waals surface area contributed by atoms with Gasteiger partial charge in [0.05, 0.1) is 26.4 Å². The second-order valence-corrected chi connectivity index (χ2v) is 8.16. The summed E-state index contributed by atoms with van der Waals surface area (Å²) < 4.78 is 36.0. The van der Waals surface area contributed by atoms with Gasteiger partial charge in [-0.1, -0.05) is 25.3 Å². The summed E-state index contributed by atoms with van der Waals surface area (Å²) in [4.78, 5) is 0. The Hall–Kier alpha value is -3.28. The quantitative estimate of drug-likeness (QED) is 0.245. The van der Waals surface area contributed by atoms with Crippen LogP contribution in [0.4, 0.5) is 0 Å². The van der Waals surface area contributed by atoms with Crippen molar-refractivity contribution in [2.45, 2.75) is 48.0 Å². The van der Waals surface area contributed by atoms with Gasteiger partial charge in [-0.05, 0) is 64.8 Å². The van der Waals surface area contributed by atoms with E-state index in [1.165, 1.54) is 0 Å². The first-order valence-corrected chi connectivity index (χ1v) is 12.2. The molecule has 0 saturated heterocycles. The first-order valence-electron chi connectivity index (χ1n) is 12.2. The van der Waals surface area contributed by atoms with Gasteiger partial charge in [0.15, 0.2) is 23.0 Å². The first kappa shape index (κ1) is 28.0. The average molecular weight is 485 g/mol. The SMILES string of the molecule is C=C(C)COc1ccc(Cc2ccc(OCC(=C)C)c(OCC)c2OCC)c(OCC)c1OCC. The molecule has 0 N–H and O–H groups in total. The van der Waals surface area contributed by atoms with Crippen molar-refractivity contribution in [1.82, 2.24) is 0 Å². The van der Waals surface area contributed by atoms with E-state index in [9.17, 15) is 0 Å². The van der Waals surface area contributed by atoms with Crippen LogP contribution in [0.3, 0.4) is 0 Å². The standard InChI is InChI=1S/C29H40O6/c1-9-30-26-22(13-15-24(28(26)32-11-3)34-18-20(5)6)17-23-14-16-25(35-19-21(7)8)29(33-12-4)27(23)31-10-2/h13-16H,5,7,9-12,17-19H2,1-4,6,8H3. The van der Waals surface area contributed by atoms with Gasteiger partial charge in [-0.25, -0.2) is 0 Å². The minimum atomic E-state index is 0.406. The molecule has 0 radical (unpaired) electrons. The molecule has 0 saturated carbocycles. The molecule has 0 bridgehead atoms. The third kappa shape index (κ3) is 7.88. The molecule has 2 rings (SSSR count). The van der Waals surface area contributed by atoms with Gasteiger partial charge < -0.3 is 28.4 Å². The summed E-state index contributed by atoms with van der Waals surface area (Å²) in [5, 5.41) is 0. The van der Waals surface area contributed by atoms with Crippen LogP contribution in [0.1, 0.15) is 52.7 Å². The van der Waals surface area contributed by atoms with Crippen molar-refractivity contribution >= 4 is 0 Å². The van der Waals surface area contributed by atoms with Crippen LogP contribution >= 0.6 is 0 Å². The molecule has 0 heterocycles. The largest absolute Gasteiger partial charge is 0.490 e. The Bertz CT molecular complexity index is 916. The summed E-state index contributed by atoms with van der Waals surface area (Å²) >= 11 is 0. The van der Waals surface area contributed by atoms with E-state index >= 15 is 0 Å². The molecule has 0 amide bonds.